The number of carbonyl (C=O) groups excluding carboxylic acids is 2. The third kappa shape index (κ3) is 1.47. The molecule has 10 N–H and O–H groups in total. The van der Waals surface area contributed by atoms with Crippen LogP contribution in [0.2, 0.25) is 0 Å². The predicted octanol–water partition coefficient (Wildman–Crippen LogP) is -3.82. The third-order valence-electron chi connectivity index (χ3n) is 1.54. The van der Waals surface area contributed by atoms with Gasteiger partial charge in [0.2, 0.25) is 5.79 Å². The zero-order valence-corrected chi connectivity index (χ0v) is 6.50. The fourth-order valence-corrected chi connectivity index (χ4v) is 0.898. The summed E-state index contributed by atoms with van der Waals surface area (Å²) in [6, 6.07) is -1.85. The zero-order chi connectivity index (χ0) is 10.3. The largest absolute Gasteiger partial charge is 0.354 e. The Morgan fingerprint density at radius 1 is 1.46 bits per heavy atom. The first-order valence-electron chi connectivity index (χ1n) is 3.25. The lowest BCUT2D eigenvalue weighted by atomic mass is 10.2. The van der Waals surface area contributed by atoms with Crippen LogP contribution in [-0.4, -0.2) is 28.8 Å². The summed E-state index contributed by atoms with van der Waals surface area (Å²) in [7, 11) is 0. The maximum atomic E-state index is 10.7. The van der Waals surface area contributed by atoms with Gasteiger partial charge in [0.15, 0.2) is 0 Å². The molecule has 9 nitrogen and oxygen atoms in total. The van der Waals surface area contributed by atoms with Crippen molar-refractivity contribution in [1.29, 1.82) is 0 Å². The van der Waals surface area contributed by atoms with Crippen molar-refractivity contribution < 1.29 is 14.7 Å². The van der Waals surface area contributed by atoms with Crippen LogP contribution in [0.15, 0.2) is 0 Å². The lowest BCUT2D eigenvalue weighted by molar-refractivity contribution is -0.0419. The second-order valence-corrected chi connectivity index (χ2v) is 2.64. The van der Waals surface area contributed by atoms with Crippen molar-refractivity contribution in [1.82, 2.24) is 16.0 Å². The number of nitrogens with two attached hydrogens (primary N) is 3. The number of hydrogen-bond acceptors (Lipinski definition) is 5. The van der Waals surface area contributed by atoms with E-state index in [0.717, 1.165) is 0 Å². The minimum Gasteiger partial charge on any atom is -0.354 e. The Balaban J connectivity index is 2.88. The number of primary amides is 1. The topological polar surface area (TPSA) is 169 Å². The molecule has 0 aromatic rings. The number of aliphatic hydroxyl groups is 1. The summed E-state index contributed by atoms with van der Waals surface area (Å²) in [4.78, 5) is 21.2. The molecular formula is C4H10N6O3. The van der Waals surface area contributed by atoms with Gasteiger partial charge in [0.05, 0.1) is 0 Å². The Morgan fingerprint density at radius 3 is 2.31 bits per heavy atom. The number of hydrogen-bond donors (Lipinski definition) is 7. The molecule has 1 aliphatic rings. The predicted molar refractivity (Wildman–Crippen MR) is 40.4 cm³/mol. The molecule has 0 saturated carbocycles. The summed E-state index contributed by atoms with van der Waals surface area (Å²) >= 11 is 0. The van der Waals surface area contributed by atoms with Crippen LogP contribution in [0.25, 0.3) is 0 Å². The molecule has 0 bridgehead atoms. The third-order valence-corrected chi connectivity index (χ3v) is 1.54. The van der Waals surface area contributed by atoms with E-state index in [0.29, 0.717) is 0 Å². The van der Waals surface area contributed by atoms with Gasteiger partial charge in [0.1, 0.15) is 0 Å². The zero-order valence-electron chi connectivity index (χ0n) is 6.50. The van der Waals surface area contributed by atoms with E-state index in [4.69, 9.17) is 17.2 Å². The van der Waals surface area contributed by atoms with Crippen molar-refractivity contribution in [3.05, 3.63) is 0 Å². The molecule has 0 aliphatic carbocycles. The molecule has 13 heavy (non-hydrogen) atoms. The Morgan fingerprint density at radius 2 is 2.00 bits per heavy atom. The Labute approximate surface area is 72.6 Å². The van der Waals surface area contributed by atoms with E-state index >= 15 is 0 Å². The van der Waals surface area contributed by atoms with Gasteiger partial charge >= 0.3 is 12.1 Å². The van der Waals surface area contributed by atoms with Crippen molar-refractivity contribution in [3.8, 4) is 0 Å². The van der Waals surface area contributed by atoms with Gasteiger partial charge in [-0.15, -0.1) is 0 Å². The summed E-state index contributed by atoms with van der Waals surface area (Å²) in [5, 5.41) is 15.1. The van der Waals surface area contributed by atoms with Crippen molar-refractivity contribution in [3.63, 3.8) is 0 Å². The Bertz CT molecular complexity index is 265. The van der Waals surface area contributed by atoms with Crippen LogP contribution in [0.5, 0.6) is 0 Å². The van der Waals surface area contributed by atoms with Crippen LogP contribution < -0.4 is 33.2 Å². The van der Waals surface area contributed by atoms with Gasteiger partial charge in [-0.3, -0.25) is 27.4 Å². The molecule has 0 aromatic heterocycles. The van der Waals surface area contributed by atoms with Gasteiger partial charge in [-0.05, 0) is 0 Å². The molecule has 1 saturated heterocycles. The average Bonchev–Trinajstić information content (AvgIpc) is 1.97. The SMILES string of the molecule is NC(=O)NC1(N)NC(=O)NC1(N)O. The smallest absolute Gasteiger partial charge is 0.321 e. The van der Waals surface area contributed by atoms with Crippen LogP contribution >= 0.6 is 0 Å². The van der Waals surface area contributed by atoms with E-state index in [1.54, 1.807) is 0 Å². The molecule has 1 fully saturated rings. The highest BCUT2D eigenvalue weighted by atomic mass is 16.3. The standard InChI is InChI=1S/C4H10N6O3/c5-1(11)8-3(6)4(7,13)10-2(12)9-3/h13H,6-7H2,(H3,5,8,11)(H2,9,10,12). The first-order chi connectivity index (χ1) is 5.77. The molecule has 1 heterocycles. The maximum Gasteiger partial charge on any atom is 0.321 e. The van der Waals surface area contributed by atoms with Gasteiger partial charge in [-0.25, -0.2) is 9.59 Å². The number of carbonyl (C=O) groups is 2. The minimum absolute atomic E-state index is 0.818. The number of urea groups is 2. The highest BCUT2D eigenvalue weighted by Crippen LogP contribution is 2.10. The highest BCUT2D eigenvalue weighted by molar-refractivity contribution is 5.81. The Kier molecular flexibility index (Phi) is 1.79. The number of rotatable bonds is 1. The number of amides is 4. The highest BCUT2D eigenvalue weighted by Gasteiger charge is 2.54. The summed E-state index contributed by atoms with van der Waals surface area (Å²) in [6.45, 7) is 0. The van der Waals surface area contributed by atoms with Crippen LogP contribution in [-0.2, 0) is 0 Å². The summed E-state index contributed by atoms with van der Waals surface area (Å²) < 4.78 is 0. The van der Waals surface area contributed by atoms with Gasteiger partial charge in [0, 0.05) is 0 Å². The summed E-state index contributed by atoms with van der Waals surface area (Å²) in [5.74, 6) is -4.31. The number of nitrogens with one attached hydrogen (secondary N) is 3. The molecule has 4 amide bonds. The van der Waals surface area contributed by atoms with Crippen molar-refractivity contribution >= 4 is 12.1 Å². The molecule has 1 rings (SSSR count). The lowest BCUT2D eigenvalue weighted by Gasteiger charge is -2.33. The van der Waals surface area contributed by atoms with Gasteiger partial charge < -0.3 is 10.8 Å². The van der Waals surface area contributed by atoms with E-state index in [1.807, 2.05) is 16.0 Å². The Hall–Kier alpha value is -1.58. The molecule has 0 radical (unpaired) electrons. The monoisotopic (exact) mass is 190 g/mol. The van der Waals surface area contributed by atoms with E-state index < -0.39 is 23.7 Å². The molecule has 2 atom stereocenters. The van der Waals surface area contributed by atoms with Crippen LogP contribution in [0, 0.1) is 0 Å². The fourth-order valence-electron chi connectivity index (χ4n) is 0.898. The summed E-state index contributed by atoms with van der Waals surface area (Å²) in [6.07, 6.45) is 0. The quantitative estimate of drug-likeness (QED) is 0.210. The molecule has 0 spiro atoms. The van der Waals surface area contributed by atoms with E-state index in [-0.39, 0.29) is 0 Å². The molecule has 2 unspecified atom stereocenters. The second kappa shape index (κ2) is 2.45. The van der Waals surface area contributed by atoms with E-state index in [2.05, 4.69) is 0 Å². The first-order valence-corrected chi connectivity index (χ1v) is 3.25. The van der Waals surface area contributed by atoms with Gasteiger partial charge in [-0.1, -0.05) is 0 Å². The maximum absolute atomic E-state index is 10.7. The first kappa shape index (κ1) is 9.51. The molecule has 74 valence electrons. The molecule has 9 heteroatoms. The molecule has 1 aliphatic heterocycles. The van der Waals surface area contributed by atoms with E-state index in [1.165, 1.54) is 0 Å². The van der Waals surface area contributed by atoms with Gasteiger partial charge in [0.25, 0.3) is 5.85 Å². The van der Waals surface area contributed by atoms with Gasteiger partial charge in [-0.2, -0.15) is 0 Å². The fraction of sp³-hybridized carbons (Fsp3) is 0.500. The van der Waals surface area contributed by atoms with Crippen molar-refractivity contribution in [2.45, 2.75) is 11.6 Å². The summed E-state index contributed by atoms with van der Waals surface area (Å²) in [5.41, 5.74) is 15.3. The van der Waals surface area contributed by atoms with Crippen LogP contribution in [0.3, 0.4) is 0 Å². The molecular weight excluding hydrogens is 180 g/mol. The average molecular weight is 190 g/mol. The molecule has 0 aromatic carbocycles. The van der Waals surface area contributed by atoms with Crippen LogP contribution in [0.4, 0.5) is 9.59 Å². The lowest BCUT2D eigenvalue weighted by Crippen LogP contribution is -2.79. The van der Waals surface area contributed by atoms with E-state index in [9.17, 15) is 14.7 Å². The second-order valence-electron chi connectivity index (χ2n) is 2.64. The minimum atomic E-state index is -2.29. The van der Waals surface area contributed by atoms with Crippen molar-refractivity contribution in [2.24, 2.45) is 17.2 Å². The normalized spacial score (nSPS) is 37.9. The van der Waals surface area contributed by atoms with Crippen molar-refractivity contribution in [2.75, 3.05) is 0 Å². The van der Waals surface area contributed by atoms with Crippen LogP contribution in [0.1, 0.15) is 0 Å².